The largest absolute Gasteiger partial charge is 0.334 e. The van der Waals surface area contributed by atoms with Crippen molar-refractivity contribution in [3.63, 3.8) is 0 Å². The van der Waals surface area contributed by atoms with Crippen LogP contribution in [-0.4, -0.2) is 23.6 Å². The molecule has 6 heteroatoms. The van der Waals surface area contributed by atoms with Gasteiger partial charge < -0.3 is 15.2 Å². The van der Waals surface area contributed by atoms with E-state index in [0.717, 1.165) is 48.9 Å². The van der Waals surface area contributed by atoms with Crippen molar-refractivity contribution in [3.8, 4) is 0 Å². The summed E-state index contributed by atoms with van der Waals surface area (Å²) in [5.74, 6) is -0.0683. The molecular weight excluding hydrogens is 393 g/mol. The fraction of sp³-hybridized carbons (Fsp3) is 0.318. The van der Waals surface area contributed by atoms with Crippen LogP contribution in [0.25, 0.3) is 10.9 Å². The molecule has 1 aromatic heterocycles. The van der Waals surface area contributed by atoms with Gasteiger partial charge in [-0.05, 0) is 48.7 Å². The number of hydrogen-bond acceptors (Lipinski definition) is 2. The van der Waals surface area contributed by atoms with E-state index in [-0.39, 0.29) is 12.5 Å². The molecule has 0 saturated heterocycles. The predicted molar refractivity (Wildman–Crippen MR) is 117 cm³/mol. The number of carbonyl (C=O) groups excluding carboxylic acids is 1. The fourth-order valence-corrected chi connectivity index (χ4v) is 4.42. The first-order valence-electron chi connectivity index (χ1n) is 9.66. The Morgan fingerprint density at radius 1 is 1.18 bits per heavy atom. The maximum Gasteiger partial charge on any atom is 0.244 e. The Balaban J connectivity index is 1.72. The highest BCUT2D eigenvalue weighted by Gasteiger charge is 2.23. The van der Waals surface area contributed by atoms with Crippen LogP contribution in [0, 0.1) is 0 Å². The third kappa shape index (κ3) is 3.64. The van der Waals surface area contributed by atoms with E-state index in [1.54, 1.807) is 0 Å². The molecule has 0 aliphatic carbocycles. The minimum Gasteiger partial charge on any atom is -0.334 e. The van der Waals surface area contributed by atoms with Crippen LogP contribution in [0.2, 0.25) is 10.0 Å². The predicted octanol–water partition coefficient (Wildman–Crippen LogP) is 4.84. The minimum absolute atomic E-state index is 0.0683. The van der Waals surface area contributed by atoms with Gasteiger partial charge in [0.15, 0.2) is 0 Å². The number of hydrogen-bond donors (Lipinski definition) is 2. The molecule has 0 unspecified atom stereocenters. The Bertz CT molecular complexity index is 1040. The molecular formula is C22H23Cl2N3O. The lowest BCUT2D eigenvalue weighted by atomic mass is 10.1. The lowest BCUT2D eigenvalue weighted by Gasteiger charge is -2.13. The van der Waals surface area contributed by atoms with Crippen molar-refractivity contribution < 1.29 is 4.79 Å². The molecule has 4 rings (SSSR count). The van der Waals surface area contributed by atoms with E-state index in [4.69, 9.17) is 23.2 Å². The molecule has 0 radical (unpaired) electrons. The smallest absolute Gasteiger partial charge is 0.244 e. The van der Waals surface area contributed by atoms with Crippen LogP contribution in [0.4, 0.5) is 5.69 Å². The molecule has 0 saturated carbocycles. The second kappa shape index (κ2) is 8.16. The highest BCUT2D eigenvalue weighted by atomic mass is 35.5. The SMILES string of the molecule is CCc1cccc(NC(=O)Cn2c3c(c4ccc(Cl)c(Cl)c42)CCNCC3)c1. The number of benzene rings is 2. The molecule has 2 heterocycles. The van der Waals surface area contributed by atoms with Crippen LogP contribution in [-0.2, 0) is 30.6 Å². The summed E-state index contributed by atoms with van der Waals surface area (Å²) in [6.45, 7) is 4.11. The molecule has 0 spiro atoms. The van der Waals surface area contributed by atoms with E-state index >= 15 is 0 Å². The molecule has 1 aliphatic rings. The van der Waals surface area contributed by atoms with Crippen LogP contribution in [0.15, 0.2) is 36.4 Å². The minimum atomic E-state index is -0.0683. The second-order valence-electron chi connectivity index (χ2n) is 7.12. The van der Waals surface area contributed by atoms with E-state index in [9.17, 15) is 4.79 Å². The summed E-state index contributed by atoms with van der Waals surface area (Å²) in [6.07, 6.45) is 2.70. The van der Waals surface area contributed by atoms with Crippen molar-refractivity contribution in [2.24, 2.45) is 0 Å². The molecule has 0 atom stereocenters. The number of aryl methyl sites for hydroxylation is 1. The number of nitrogens with zero attached hydrogens (tertiary/aromatic N) is 1. The van der Waals surface area contributed by atoms with Gasteiger partial charge in [0.1, 0.15) is 6.54 Å². The summed E-state index contributed by atoms with van der Waals surface area (Å²) >= 11 is 12.9. The van der Waals surface area contributed by atoms with Crippen LogP contribution in [0.3, 0.4) is 0 Å². The molecule has 2 aromatic carbocycles. The summed E-state index contributed by atoms with van der Waals surface area (Å²) < 4.78 is 2.05. The van der Waals surface area contributed by atoms with Gasteiger partial charge in [0.05, 0.1) is 15.6 Å². The molecule has 28 heavy (non-hydrogen) atoms. The quantitative estimate of drug-likeness (QED) is 0.640. The summed E-state index contributed by atoms with van der Waals surface area (Å²) in [5.41, 5.74) is 5.30. The number of aromatic nitrogens is 1. The number of fused-ring (bicyclic) bond motifs is 3. The molecule has 3 aromatic rings. The van der Waals surface area contributed by atoms with E-state index in [1.807, 2.05) is 34.9 Å². The molecule has 4 nitrogen and oxygen atoms in total. The van der Waals surface area contributed by atoms with Crippen molar-refractivity contribution in [2.75, 3.05) is 18.4 Å². The first kappa shape index (κ1) is 19.3. The first-order chi connectivity index (χ1) is 13.6. The van der Waals surface area contributed by atoms with Crippen molar-refractivity contribution in [3.05, 3.63) is 63.3 Å². The van der Waals surface area contributed by atoms with Gasteiger partial charge in [0, 0.05) is 29.7 Å². The monoisotopic (exact) mass is 415 g/mol. The van der Waals surface area contributed by atoms with Crippen LogP contribution >= 0.6 is 23.2 Å². The van der Waals surface area contributed by atoms with Crippen molar-refractivity contribution >= 4 is 45.7 Å². The van der Waals surface area contributed by atoms with Crippen LogP contribution in [0.1, 0.15) is 23.7 Å². The van der Waals surface area contributed by atoms with E-state index < -0.39 is 0 Å². The van der Waals surface area contributed by atoms with Gasteiger partial charge in [-0.2, -0.15) is 0 Å². The van der Waals surface area contributed by atoms with Crippen molar-refractivity contribution in [2.45, 2.75) is 32.7 Å². The molecule has 146 valence electrons. The van der Waals surface area contributed by atoms with Gasteiger partial charge in [0.2, 0.25) is 5.91 Å². The van der Waals surface area contributed by atoms with Crippen molar-refractivity contribution in [1.82, 2.24) is 9.88 Å². The van der Waals surface area contributed by atoms with E-state index in [0.29, 0.717) is 10.0 Å². The van der Waals surface area contributed by atoms with E-state index in [2.05, 4.69) is 23.6 Å². The maximum absolute atomic E-state index is 12.9. The Morgan fingerprint density at radius 3 is 2.82 bits per heavy atom. The summed E-state index contributed by atoms with van der Waals surface area (Å²) in [6, 6.07) is 11.8. The molecule has 0 bridgehead atoms. The van der Waals surface area contributed by atoms with Gasteiger partial charge in [-0.25, -0.2) is 0 Å². The third-order valence-corrected chi connectivity index (χ3v) is 6.14. The normalized spacial score (nSPS) is 14.0. The van der Waals surface area contributed by atoms with Crippen LogP contribution in [0.5, 0.6) is 0 Å². The van der Waals surface area contributed by atoms with Gasteiger partial charge in [-0.1, -0.05) is 48.3 Å². The summed E-state index contributed by atoms with van der Waals surface area (Å²) in [5, 5.41) is 8.57. The van der Waals surface area contributed by atoms with Crippen molar-refractivity contribution in [1.29, 1.82) is 0 Å². The number of carbonyl (C=O) groups is 1. The molecule has 0 fully saturated rings. The van der Waals surface area contributed by atoms with E-state index in [1.165, 1.54) is 16.8 Å². The average molecular weight is 416 g/mol. The topological polar surface area (TPSA) is 46.1 Å². The Hall–Kier alpha value is -2.01. The van der Waals surface area contributed by atoms with Crippen LogP contribution < -0.4 is 10.6 Å². The lowest BCUT2D eigenvalue weighted by molar-refractivity contribution is -0.116. The Morgan fingerprint density at radius 2 is 2.00 bits per heavy atom. The first-order valence-corrected chi connectivity index (χ1v) is 10.4. The Kier molecular flexibility index (Phi) is 5.63. The standard InChI is InChI=1S/C22H23Cl2N3O/c1-2-14-4-3-5-15(12-14)26-20(28)13-27-19-9-11-25-10-8-16(19)17-6-7-18(23)21(24)22(17)27/h3-7,12,25H,2,8-11,13H2,1H3,(H,26,28). The number of anilines is 1. The third-order valence-electron chi connectivity index (χ3n) is 5.35. The number of rotatable bonds is 4. The molecule has 1 aliphatic heterocycles. The molecule has 2 N–H and O–H groups in total. The average Bonchev–Trinajstić information content (AvgIpc) is 2.84. The Labute approximate surface area is 174 Å². The summed E-state index contributed by atoms with van der Waals surface area (Å²) in [4.78, 5) is 12.9. The zero-order valence-corrected chi connectivity index (χ0v) is 17.3. The molecule has 1 amide bonds. The fourth-order valence-electron chi connectivity index (χ4n) is 4.00. The van der Waals surface area contributed by atoms with Gasteiger partial charge in [-0.3, -0.25) is 4.79 Å². The second-order valence-corrected chi connectivity index (χ2v) is 7.91. The number of amides is 1. The number of nitrogens with one attached hydrogen (secondary N) is 2. The zero-order valence-electron chi connectivity index (χ0n) is 15.8. The number of halogens is 2. The van der Waals surface area contributed by atoms with Gasteiger partial charge in [0.25, 0.3) is 0 Å². The highest BCUT2D eigenvalue weighted by Crippen LogP contribution is 2.37. The highest BCUT2D eigenvalue weighted by molar-refractivity contribution is 6.45. The maximum atomic E-state index is 12.9. The lowest BCUT2D eigenvalue weighted by Crippen LogP contribution is -2.21. The van der Waals surface area contributed by atoms with Gasteiger partial charge in [-0.15, -0.1) is 0 Å². The van der Waals surface area contributed by atoms with Gasteiger partial charge >= 0.3 is 0 Å². The summed E-state index contributed by atoms with van der Waals surface area (Å²) in [7, 11) is 0. The zero-order chi connectivity index (χ0) is 19.7.